The minimum absolute atomic E-state index is 0.0912. The van der Waals surface area contributed by atoms with E-state index in [2.05, 4.69) is 4.98 Å². The number of ketones is 1. The van der Waals surface area contributed by atoms with E-state index >= 15 is 0 Å². The number of ether oxygens (including phenoxy) is 1. The Balaban J connectivity index is 2.43. The molecule has 0 fully saturated rings. The van der Waals surface area contributed by atoms with Crippen LogP contribution in [0.4, 0.5) is 0 Å². The normalized spacial score (nSPS) is 11.2. The molecule has 0 aliphatic rings. The lowest BCUT2D eigenvalue weighted by atomic mass is 10.1. The van der Waals surface area contributed by atoms with Crippen LogP contribution in [0.1, 0.15) is 10.5 Å². The van der Waals surface area contributed by atoms with Gasteiger partial charge in [-0.2, -0.15) is 5.26 Å². The summed E-state index contributed by atoms with van der Waals surface area (Å²) in [7, 11) is 5.12. The van der Waals surface area contributed by atoms with E-state index in [1.807, 2.05) is 24.3 Å². The lowest BCUT2D eigenvalue weighted by Gasteiger charge is -2.04. The van der Waals surface area contributed by atoms with Crippen molar-refractivity contribution in [3.05, 3.63) is 41.7 Å². The van der Waals surface area contributed by atoms with Crippen LogP contribution in [0, 0.1) is 11.3 Å². The number of methoxy groups -OCH3 is 1. The topological polar surface area (TPSA) is 69.1 Å². The summed E-state index contributed by atoms with van der Waals surface area (Å²) in [5.41, 5.74) is 1.31. The molecule has 0 atom stereocenters. The number of nitrogens with one attached hydrogen (secondary N) is 1. The van der Waals surface area contributed by atoms with Crippen LogP contribution in [0.25, 0.3) is 10.9 Å². The van der Waals surface area contributed by atoms with E-state index in [9.17, 15) is 4.79 Å². The van der Waals surface area contributed by atoms with Gasteiger partial charge in [0, 0.05) is 31.2 Å². The van der Waals surface area contributed by atoms with E-state index in [4.69, 9.17) is 10.00 Å². The van der Waals surface area contributed by atoms with Gasteiger partial charge in [0.15, 0.2) is 0 Å². The lowest BCUT2D eigenvalue weighted by Crippen LogP contribution is -2.09. The Bertz CT molecular complexity index is 720. The number of H-pyrrole nitrogens is 1. The maximum absolute atomic E-state index is 12.3. The first-order valence-electron chi connectivity index (χ1n) is 6.05. The number of nitriles is 1. The van der Waals surface area contributed by atoms with Gasteiger partial charge < -0.3 is 14.6 Å². The van der Waals surface area contributed by atoms with E-state index in [0.717, 1.165) is 16.7 Å². The van der Waals surface area contributed by atoms with Gasteiger partial charge >= 0.3 is 0 Å². The predicted octanol–water partition coefficient (Wildman–Crippen LogP) is 2.33. The van der Waals surface area contributed by atoms with Gasteiger partial charge in [0.25, 0.3) is 0 Å². The van der Waals surface area contributed by atoms with Gasteiger partial charge in [0.1, 0.15) is 17.4 Å². The molecule has 20 heavy (non-hydrogen) atoms. The van der Waals surface area contributed by atoms with Gasteiger partial charge in [-0.1, -0.05) is 0 Å². The summed E-state index contributed by atoms with van der Waals surface area (Å²) >= 11 is 0. The highest BCUT2D eigenvalue weighted by molar-refractivity contribution is 6.12. The largest absolute Gasteiger partial charge is 0.497 e. The second-order valence-corrected chi connectivity index (χ2v) is 4.58. The number of benzene rings is 1. The van der Waals surface area contributed by atoms with Gasteiger partial charge in [-0.3, -0.25) is 4.79 Å². The average Bonchev–Trinajstić information content (AvgIpc) is 2.86. The van der Waals surface area contributed by atoms with Crippen molar-refractivity contribution in [2.45, 2.75) is 0 Å². The molecule has 0 bridgehead atoms. The number of fused-ring (bicyclic) bond motifs is 1. The fourth-order valence-corrected chi connectivity index (χ4v) is 1.90. The van der Waals surface area contributed by atoms with Crippen LogP contribution in [0.3, 0.4) is 0 Å². The standard InChI is InChI=1S/C15H15N3O2/c1-18(2)9-11(8-16)15(19)14-7-10-6-12(20-3)4-5-13(10)17-14/h4-7,9,17H,1-3H3. The van der Waals surface area contributed by atoms with Crippen LogP contribution in [-0.2, 0) is 0 Å². The first-order valence-corrected chi connectivity index (χ1v) is 6.05. The molecule has 0 amide bonds. The molecule has 0 aliphatic carbocycles. The minimum atomic E-state index is -0.323. The molecule has 5 heteroatoms. The molecule has 2 aromatic rings. The van der Waals surface area contributed by atoms with E-state index in [-0.39, 0.29) is 11.4 Å². The Morgan fingerprint density at radius 2 is 2.15 bits per heavy atom. The molecule has 0 saturated heterocycles. The van der Waals surface area contributed by atoms with Crippen LogP contribution < -0.4 is 4.74 Å². The minimum Gasteiger partial charge on any atom is -0.497 e. The molecule has 1 aromatic carbocycles. The number of rotatable bonds is 4. The third-order valence-corrected chi connectivity index (χ3v) is 2.82. The van der Waals surface area contributed by atoms with Gasteiger partial charge in [0.05, 0.1) is 12.8 Å². The maximum atomic E-state index is 12.3. The first kappa shape index (κ1) is 13.7. The molecule has 1 heterocycles. The van der Waals surface area contributed by atoms with Crippen LogP contribution in [0.15, 0.2) is 36.0 Å². The second-order valence-electron chi connectivity index (χ2n) is 4.58. The van der Waals surface area contributed by atoms with Crippen molar-refractivity contribution >= 4 is 16.7 Å². The summed E-state index contributed by atoms with van der Waals surface area (Å²) in [6.45, 7) is 0. The van der Waals surface area contributed by atoms with Crippen molar-refractivity contribution in [3.63, 3.8) is 0 Å². The van der Waals surface area contributed by atoms with E-state index in [1.165, 1.54) is 6.20 Å². The smallest absolute Gasteiger partial charge is 0.221 e. The zero-order chi connectivity index (χ0) is 14.7. The zero-order valence-corrected chi connectivity index (χ0v) is 11.6. The van der Waals surface area contributed by atoms with E-state index in [1.54, 1.807) is 32.2 Å². The number of aromatic amines is 1. The summed E-state index contributed by atoms with van der Waals surface area (Å²) in [6, 6.07) is 9.14. The number of hydrogen-bond donors (Lipinski definition) is 1. The summed E-state index contributed by atoms with van der Waals surface area (Å²) in [5, 5.41) is 9.93. The Kier molecular flexibility index (Phi) is 3.76. The van der Waals surface area contributed by atoms with Crippen LogP contribution in [0.5, 0.6) is 5.75 Å². The highest BCUT2D eigenvalue weighted by Crippen LogP contribution is 2.22. The third kappa shape index (κ3) is 2.64. The van der Waals surface area contributed by atoms with Crippen LogP contribution >= 0.6 is 0 Å². The molecule has 0 saturated carbocycles. The number of Topliss-reactive ketones (excluding diaryl/α,β-unsaturated/α-hetero) is 1. The number of carbonyl (C=O) groups is 1. The number of nitrogens with zero attached hydrogens (tertiary/aromatic N) is 2. The Morgan fingerprint density at radius 1 is 1.40 bits per heavy atom. The lowest BCUT2D eigenvalue weighted by molar-refractivity contribution is 0.103. The fraction of sp³-hybridized carbons (Fsp3) is 0.200. The summed E-state index contributed by atoms with van der Waals surface area (Å²) in [6.07, 6.45) is 1.51. The van der Waals surface area contributed by atoms with Crippen molar-refractivity contribution in [2.24, 2.45) is 0 Å². The summed E-state index contributed by atoms with van der Waals surface area (Å²) < 4.78 is 5.14. The number of carbonyl (C=O) groups excluding carboxylic acids is 1. The summed E-state index contributed by atoms with van der Waals surface area (Å²) in [5.74, 6) is 0.399. The second kappa shape index (κ2) is 5.49. The van der Waals surface area contributed by atoms with Crippen LogP contribution in [-0.4, -0.2) is 36.9 Å². The highest BCUT2D eigenvalue weighted by Gasteiger charge is 2.15. The molecule has 2 rings (SSSR count). The van der Waals surface area contributed by atoms with Crippen LogP contribution in [0.2, 0.25) is 0 Å². The van der Waals surface area contributed by atoms with Crippen molar-refractivity contribution in [1.82, 2.24) is 9.88 Å². The van der Waals surface area contributed by atoms with Crippen molar-refractivity contribution in [3.8, 4) is 11.8 Å². The fourth-order valence-electron chi connectivity index (χ4n) is 1.90. The maximum Gasteiger partial charge on any atom is 0.221 e. The van der Waals surface area contributed by atoms with Gasteiger partial charge in [-0.25, -0.2) is 0 Å². The van der Waals surface area contributed by atoms with Crippen molar-refractivity contribution < 1.29 is 9.53 Å². The monoisotopic (exact) mass is 269 g/mol. The molecule has 0 aliphatic heterocycles. The van der Waals surface area contributed by atoms with Gasteiger partial charge in [-0.05, 0) is 24.3 Å². The zero-order valence-electron chi connectivity index (χ0n) is 11.6. The Labute approximate surface area is 117 Å². The average molecular weight is 269 g/mol. The van der Waals surface area contributed by atoms with Gasteiger partial charge in [0.2, 0.25) is 5.78 Å². The molecule has 102 valence electrons. The number of allylic oxidation sites excluding steroid dienone is 1. The van der Waals surface area contributed by atoms with Crippen molar-refractivity contribution in [1.29, 1.82) is 5.26 Å². The SMILES string of the molecule is COc1ccc2[nH]c(C(=O)C(C#N)=CN(C)C)cc2c1. The van der Waals surface area contributed by atoms with E-state index in [0.29, 0.717) is 5.69 Å². The molecule has 1 N–H and O–H groups in total. The molecular formula is C15H15N3O2. The highest BCUT2D eigenvalue weighted by atomic mass is 16.5. The quantitative estimate of drug-likeness (QED) is 0.525. The number of aromatic nitrogens is 1. The predicted molar refractivity (Wildman–Crippen MR) is 76.6 cm³/mol. The molecule has 1 aromatic heterocycles. The molecular weight excluding hydrogens is 254 g/mol. The Hall–Kier alpha value is -2.74. The van der Waals surface area contributed by atoms with E-state index < -0.39 is 0 Å². The first-order chi connectivity index (χ1) is 9.55. The summed E-state index contributed by atoms with van der Waals surface area (Å²) in [4.78, 5) is 16.9. The van der Waals surface area contributed by atoms with Crippen molar-refractivity contribution in [2.75, 3.05) is 21.2 Å². The number of hydrogen-bond acceptors (Lipinski definition) is 4. The Morgan fingerprint density at radius 3 is 2.75 bits per heavy atom. The van der Waals surface area contributed by atoms with Gasteiger partial charge in [-0.15, -0.1) is 0 Å². The molecule has 0 radical (unpaired) electrons. The third-order valence-electron chi connectivity index (χ3n) is 2.82. The molecule has 0 spiro atoms. The molecule has 5 nitrogen and oxygen atoms in total. The molecule has 0 unspecified atom stereocenters.